The smallest absolute Gasteiger partial charge is 0.450 e. The van der Waals surface area contributed by atoms with Gasteiger partial charge in [0.05, 0.1) is 32.3 Å². The SMILES string of the molecule is COc1ccc2c(=O)c(-c3ccc(OC)c(OC)c3)c(C(F)(F)F)oc2c1. The molecular formula is C19H15F3O5. The first-order valence-electron chi connectivity index (χ1n) is 7.74. The molecule has 3 rings (SSSR count). The van der Waals surface area contributed by atoms with Gasteiger partial charge < -0.3 is 18.6 Å². The highest BCUT2D eigenvalue weighted by Crippen LogP contribution is 2.40. The minimum atomic E-state index is -4.88. The topological polar surface area (TPSA) is 57.9 Å². The summed E-state index contributed by atoms with van der Waals surface area (Å²) in [6.45, 7) is 0. The van der Waals surface area contributed by atoms with E-state index in [1.807, 2.05) is 0 Å². The Morgan fingerprint density at radius 1 is 0.889 bits per heavy atom. The number of alkyl halides is 3. The van der Waals surface area contributed by atoms with Gasteiger partial charge in [-0.3, -0.25) is 4.79 Å². The number of methoxy groups -OCH3 is 3. The Morgan fingerprint density at radius 2 is 1.59 bits per heavy atom. The van der Waals surface area contributed by atoms with E-state index >= 15 is 0 Å². The first-order chi connectivity index (χ1) is 12.8. The van der Waals surface area contributed by atoms with Crippen molar-refractivity contribution in [1.82, 2.24) is 0 Å². The van der Waals surface area contributed by atoms with E-state index in [-0.39, 0.29) is 28.0 Å². The van der Waals surface area contributed by atoms with E-state index in [1.54, 1.807) is 0 Å². The Morgan fingerprint density at radius 3 is 2.19 bits per heavy atom. The van der Waals surface area contributed by atoms with Crippen LogP contribution >= 0.6 is 0 Å². The number of ether oxygens (including phenoxy) is 3. The summed E-state index contributed by atoms with van der Waals surface area (Å²) in [5.74, 6) is -0.597. The van der Waals surface area contributed by atoms with E-state index in [2.05, 4.69) is 0 Å². The fourth-order valence-electron chi connectivity index (χ4n) is 2.75. The van der Waals surface area contributed by atoms with Crippen molar-refractivity contribution in [2.75, 3.05) is 21.3 Å². The summed E-state index contributed by atoms with van der Waals surface area (Å²) in [7, 11) is 4.11. The number of benzene rings is 2. The van der Waals surface area contributed by atoms with Gasteiger partial charge in [0, 0.05) is 6.07 Å². The zero-order chi connectivity index (χ0) is 19.8. The second-order valence-electron chi connectivity index (χ2n) is 5.56. The summed E-state index contributed by atoms with van der Waals surface area (Å²) in [5.41, 5.74) is -1.61. The molecule has 8 heteroatoms. The van der Waals surface area contributed by atoms with Crippen molar-refractivity contribution >= 4 is 11.0 Å². The summed E-state index contributed by atoms with van der Waals surface area (Å²) in [6, 6.07) is 8.15. The fourth-order valence-corrected chi connectivity index (χ4v) is 2.75. The maximum atomic E-state index is 13.6. The van der Waals surface area contributed by atoms with E-state index in [0.29, 0.717) is 5.75 Å². The monoisotopic (exact) mass is 380 g/mol. The Balaban J connectivity index is 2.38. The van der Waals surface area contributed by atoms with Gasteiger partial charge in [-0.15, -0.1) is 0 Å². The second-order valence-corrected chi connectivity index (χ2v) is 5.56. The molecule has 2 aromatic carbocycles. The lowest BCUT2D eigenvalue weighted by molar-refractivity contribution is -0.152. The molecular weight excluding hydrogens is 365 g/mol. The van der Waals surface area contributed by atoms with Crippen molar-refractivity contribution in [2.24, 2.45) is 0 Å². The lowest BCUT2D eigenvalue weighted by Crippen LogP contribution is -2.16. The van der Waals surface area contributed by atoms with Crippen LogP contribution in [0.1, 0.15) is 5.76 Å². The molecule has 0 aliphatic carbocycles. The molecule has 0 bridgehead atoms. The van der Waals surface area contributed by atoms with Gasteiger partial charge in [0.1, 0.15) is 11.3 Å². The molecule has 0 aliphatic heterocycles. The van der Waals surface area contributed by atoms with Crippen molar-refractivity contribution in [2.45, 2.75) is 6.18 Å². The summed E-state index contributed by atoms with van der Waals surface area (Å²) < 4.78 is 61.2. The fraction of sp³-hybridized carbons (Fsp3) is 0.211. The summed E-state index contributed by atoms with van der Waals surface area (Å²) in [4.78, 5) is 12.9. The van der Waals surface area contributed by atoms with Gasteiger partial charge in [-0.1, -0.05) is 6.07 Å². The van der Waals surface area contributed by atoms with Gasteiger partial charge in [-0.25, -0.2) is 0 Å². The van der Waals surface area contributed by atoms with Crippen LogP contribution in [0.2, 0.25) is 0 Å². The van der Waals surface area contributed by atoms with Gasteiger partial charge in [0.25, 0.3) is 0 Å². The quantitative estimate of drug-likeness (QED) is 0.667. The highest BCUT2D eigenvalue weighted by atomic mass is 19.4. The van der Waals surface area contributed by atoms with E-state index in [1.165, 1.54) is 57.7 Å². The Labute approximate surface area is 151 Å². The number of hydrogen-bond acceptors (Lipinski definition) is 5. The average Bonchev–Trinajstić information content (AvgIpc) is 2.66. The molecule has 0 amide bonds. The van der Waals surface area contributed by atoms with Crippen LogP contribution in [0.4, 0.5) is 13.2 Å². The van der Waals surface area contributed by atoms with Gasteiger partial charge in [0.2, 0.25) is 11.2 Å². The van der Waals surface area contributed by atoms with Gasteiger partial charge in [0.15, 0.2) is 11.5 Å². The van der Waals surface area contributed by atoms with Crippen LogP contribution in [0.3, 0.4) is 0 Å². The zero-order valence-electron chi connectivity index (χ0n) is 14.6. The van der Waals surface area contributed by atoms with Crippen molar-refractivity contribution in [3.63, 3.8) is 0 Å². The van der Waals surface area contributed by atoms with Crippen LogP contribution in [0.25, 0.3) is 22.1 Å². The lowest BCUT2D eigenvalue weighted by Gasteiger charge is -2.14. The standard InChI is InChI=1S/C19H15F3O5/c1-24-11-5-6-12-14(9-11)27-18(19(20,21)22)16(17(12)23)10-4-7-13(25-2)15(8-10)26-3/h4-9H,1-3H3. The van der Waals surface area contributed by atoms with Crippen molar-refractivity contribution < 1.29 is 31.8 Å². The maximum Gasteiger partial charge on any atom is 0.450 e. The lowest BCUT2D eigenvalue weighted by atomic mass is 10.0. The van der Waals surface area contributed by atoms with E-state index in [0.717, 1.165) is 0 Å². The van der Waals surface area contributed by atoms with Crippen LogP contribution in [0, 0.1) is 0 Å². The molecule has 0 atom stereocenters. The zero-order valence-corrected chi connectivity index (χ0v) is 14.6. The molecule has 1 aromatic heterocycles. The van der Waals surface area contributed by atoms with Crippen LogP contribution in [-0.2, 0) is 6.18 Å². The first-order valence-corrected chi connectivity index (χ1v) is 7.74. The molecule has 0 saturated heterocycles. The minimum Gasteiger partial charge on any atom is -0.497 e. The van der Waals surface area contributed by atoms with Crippen LogP contribution in [0.15, 0.2) is 45.6 Å². The molecule has 0 aliphatic rings. The van der Waals surface area contributed by atoms with E-state index in [9.17, 15) is 18.0 Å². The molecule has 0 fully saturated rings. The van der Waals surface area contributed by atoms with Crippen molar-refractivity contribution in [3.05, 3.63) is 52.4 Å². The third-order valence-corrected chi connectivity index (χ3v) is 4.03. The number of rotatable bonds is 4. The maximum absolute atomic E-state index is 13.6. The molecule has 27 heavy (non-hydrogen) atoms. The van der Waals surface area contributed by atoms with Crippen LogP contribution in [0.5, 0.6) is 17.2 Å². The molecule has 0 radical (unpaired) electrons. The third-order valence-electron chi connectivity index (χ3n) is 4.03. The van der Waals surface area contributed by atoms with Crippen LogP contribution < -0.4 is 19.6 Å². The van der Waals surface area contributed by atoms with Crippen molar-refractivity contribution in [3.8, 4) is 28.4 Å². The highest BCUT2D eigenvalue weighted by molar-refractivity contribution is 5.84. The second kappa shape index (κ2) is 6.86. The Bertz CT molecular complexity index is 1050. The average molecular weight is 380 g/mol. The molecule has 142 valence electrons. The Kier molecular flexibility index (Phi) is 4.73. The van der Waals surface area contributed by atoms with E-state index < -0.39 is 22.9 Å². The predicted molar refractivity (Wildman–Crippen MR) is 92.6 cm³/mol. The molecule has 0 saturated carbocycles. The van der Waals surface area contributed by atoms with Gasteiger partial charge >= 0.3 is 6.18 Å². The highest BCUT2D eigenvalue weighted by Gasteiger charge is 2.39. The number of hydrogen-bond donors (Lipinski definition) is 0. The van der Waals surface area contributed by atoms with Crippen molar-refractivity contribution in [1.29, 1.82) is 0 Å². The largest absolute Gasteiger partial charge is 0.497 e. The number of halogens is 3. The molecule has 5 nitrogen and oxygen atoms in total. The van der Waals surface area contributed by atoms with Crippen LogP contribution in [-0.4, -0.2) is 21.3 Å². The minimum absolute atomic E-state index is 0.00597. The summed E-state index contributed by atoms with van der Waals surface area (Å²) >= 11 is 0. The first kappa shape index (κ1) is 18.6. The molecule has 0 unspecified atom stereocenters. The van der Waals surface area contributed by atoms with E-state index in [4.69, 9.17) is 18.6 Å². The normalized spacial score (nSPS) is 11.5. The summed E-state index contributed by atoms with van der Waals surface area (Å²) in [5, 5.41) is 0.00795. The molecule has 1 heterocycles. The van der Waals surface area contributed by atoms with Gasteiger partial charge in [-0.2, -0.15) is 13.2 Å². The Hall–Kier alpha value is -3.16. The summed E-state index contributed by atoms with van der Waals surface area (Å²) in [6.07, 6.45) is -4.88. The number of fused-ring (bicyclic) bond motifs is 1. The predicted octanol–water partition coefficient (Wildman–Crippen LogP) is 4.50. The molecule has 0 spiro atoms. The third kappa shape index (κ3) is 3.30. The van der Waals surface area contributed by atoms with Gasteiger partial charge in [-0.05, 0) is 29.8 Å². The molecule has 3 aromatic rings. The molecule has 0 N–H and O–H groups in total.